The molecule has 1 amide bonds. The van der Waals surface area contributed by atoms with E-state index in [0.717, 1.165) is 0 Å². The van der Waals surface area contributed by atoms with E-state index in [4.69, 9.17) is 4.74 Å². The fourth-order valence-electron chi connectivity index (χ4n) is 1.40. The summed E-state index contributed by atoms with van der Waals surface area (Å²) in [4.78, 5) is 22.9. The van der Waals surface area contributed by atoms with Crippen molar-refractivity contribution < 1.29 is 19.1 Å². The van der Waals surface area contributed by atoms with Crippen molar-refractivity contribution in [2.75, 3.05) is 20.3 Å². The van der Waals surface area contributed by atoms with Gasteiger partial charge in [0, 0.05) is 6.54 Å². The minimum Gasteiger partial charge on any atom is -0.489 e. The van der Waals surface area contributed by atoms with Gasteiger partial charge in [0.15, 0.2) is 0 Å². The average molecular weight is 263 g/mol. The standard InChI is InChI=1S/C14H17NO4/c1-3-10-19-12-7-5-4-6-11(12)14(17)15-9-8-13(16)18-2/h3-7H,1,8-10H2,2H3,(H,15,17). The van der Waals surface area contributed by atoms with Gasteiger partial charge in [-0.25, -0.2) is 0 Å². The van der Waals surface area contributed by atoms with Gasteiger partial charge in [0.2, 0.25) is 0 Å². The van der Waals surface area contributed by atoms with E-state index in [1.54, 1.807) is 30.3 Å². The predicted molar refractivity (Wildman–Crippen MR) is 71.1 cm³/mol. The molecular weight excluding hydrogens is 246 g/mol. The summed E-state index contributed by atoms with van der Waals surface area (Å²) in [6.07, 6.45) is 1.74. The second-order valence-electron chi connectivity index (χ2n) is 3.68. The van der Waals surface area contributed by atoms with Crippen LogP contribution in [0.5, 0.6) is 5.75 Å². The number of amides is 1. The number of benzene rings is 1. The topological polar surface area (TPSA) is 64.6 Å². The molecule has 0 aliphatic carbocycles. The van der Waals surface area contributed by atoms with E-state index < -0.39 is 0 Å². The zero-order chi connectivity index (χ0) is 14.1. The highest BCUT2D eigenvalue weighted by atomic mass is 16.5. The van der Waals surface area contributed by atoms with E-state index in [1.807, 2.05) is 0 Å². The molecule has 102 valence electrons. The summed E-state index contributed by atoms with van der Waals surface area (Å²) in [7, 11) is 1.31. The number of esters is 1. The number of carbonyl (C=O) groups excluding carboxylic acids is 2. The predicted octanol–water partition coefficient (Wildman–Crippen LogP) is 1.54. The smallest absolute Gasteiger partial charge is 0.307 e. The number of para-hydroxylation sites is 1. The lowest BCUT2D eigenvalue weighted by molar-refractivity contribution is -0.140. The lowest BCUT2D eigenvalue weighted by atomic mass is 10.2. The first-order valence-electron chi connectivity index (χ1n) is 5.86. The van der Waals surface area contributed by atoms with E-state index in [0.29, 0.717) is 17.9 Å². The lowest BCUT2D eigenvalue weighted by Gasteiger charge is -2.10. The highest BCUT2D eigenvalue weighted by Gasteiger charge is 2.11. The molecule has 1 aromatic carbocycles. The molecule has 0 saturated heterocycles. The Labute approximate surface area is 112 Å². The van der Waals surface area contributed by atoms with Gasteiger partial charge in [0.1, 0.15) is 12.4 Å². The van der Waals surface area contributed by atoms with Crippen LogP contribution < -0.4 is 10.1 Å². The Morgan fingerprint density at radius 2 is 2.11 bits per heavy atom. The Bertz CT molecular complexity index is 457. The van der Waals surface area contributed by atoms with E-state index in [1.165, 1.54) is 7.11 Å². The summed E-state index contributed by atoms with van der Waals surface area (Å²) in [6, 6.07) is 6.89. The summed E-state index contributed by atoms with van der Waals surface area (Å²) < 4.78 is 9.87. The fourth-order valence-corrected chi connectivity index (χ4v) is 1.40. The zero-order valence-electron chi connectivity index (χ0n) is 10.8. The highest BCUT2D eigenvalue weighted by Crippen LogP contribution is 2.17. The maximum atomic E-state index is 11.9. The Kier molecular flexibility index (Phi) is 6.15. The Morgan fingerprint density at radius 3 is 2.79 bits per heavy atom. The van der Waals surface area contributed by atoms with Crippen molar-refractivity contribution >= 4 is 11.9 Å². The van der Waals surface area contributed by atoms with Crippen LogP contribution in [0.3, 0.4) is 0 Å². The summed E-state index contributed by atoms with van der Waals surface area (Å²) in [6.45, 7) is 4.10. The molecule has 0 heterocycles. The summed E-state index contributed by atoms with van der Waals surface area (Å²) in [5, 5.41) is 2.64. The lowest BCUT2D eigenvalue weighted by Crippen LogP contribution is -2.26. The normalized spacial score (nSPS) is 9.53. The number of ether oxygens (including phenoxy) is 2. The van der Waals surface area contributed by atoms with Crippen LogP contribution in [-0.2, 0) is 9.53 Å². The Balaban J connectivity index is 2.60. The van der Waals surface area contributed by atoms with Crippen LogP contribution in [0.15, 0.2) is 36.9 Å². The van der Waals surface area contributed by atoms with Gasteiger partial charge in [0.05, 0.1) is 19.1 Å². The summed E-state index contributed by atoms with van der Waals surface area (Å²) in [5.74, 6) is -0.168. The maximum absolute atomic E-state index is 11.9. The Morgan fingerprint density at radius 1 is 1.37 bits per heavy atom. The molecule has 0 aromatic heterocycles. The van der Waals surface area contributed by atoms with Gasteiger partial charge in [-0.15, -0.1) is 0 Å². The van der Waals surface area contributed by atoms with Gasteiger partial charge >= 0.3 is 5.97 Å². The van der Waals surface area contributed by atoms with Crippen LogP contribution in [0.4, 0.5) is 0 Å². The van der Waals surface area contributed by atoms with Crippen LogP contribution in [0, 0.1) is 0 Å². The number of rotatable bonds is 7. The van der Waals surface area contributed by atoms with Crippen molar-refractivity contribution in [3.05, 3.63) is 42.5 Å². The molecule has 0 aliphatic rings. The molecule has 0 atom stereocenters. The molecule has 19 heavy (non-hydrogen) atoms. The molecule has 0 radical (unpaired) electrons. The number of nitrogens with one attached hydrogen (secondary N) is 1. The molecule has 5 heteroatoms. The van der Waals surface area contributed by atoms with Crippen LogP contribution in [0.2, 0.25) is 0 Å². The third-order valence-corrected chi connectivity index (χ3v) is 2.33. The van der Waals surface area contributed by atoms with Crippen LogP contribution in [-0.4, -0.2) is 32.1 Å². The van der Waals surface area contributed by atoms with Crippen molar-refractivity contribution in [1.82, 2.24) is 5.32 Å². The van der Waals surface area contributed by atoms with E-state index in [9.17, 15) is 9.59 Å². The quantitative estimate of drug-likeness (QED) is 0.598. The molecule has 0 fully saturated rings. The van der Waals surface area contributed by atoms with Crippen molar-refractivity contribution in [2.45, 2.75) is 6.42 Å². The van der Waals surface area contributed by atoms with Crippen LogP contribution in [0.1, 0.15) is 16.8 Å². The van der Waals surface area contributed by atoms with E-state index in [2.05, 4.69) is 16.6 Å². The maximum Gasteiger partial charge on any atom is 0.307 e. The van der Waals surface area contributed by atoms with Gasteiger partial charge in [-0.3, -0.25) is 9.59 Å². The zero-order valence-corrected chi connectivity index (χ0v) is 10.8. The average Bonchev–Trinajstić information content (AvgIpc) is 2.45. The molecule has 0 spiro atoms. The van der Waals surface area contributed by atoms with Gasteiger partial charge in [-0.05, 0) is 12.1 Å². The van der Waals surface area contributed by atoms with E-state index >= 15 is 0 Å². The molecule has 5 nitrogen and oxygen atoms in total. The van der Waals surface area contributed by atoms with Gasteiger partial charge in [0.25, 0.3) is 5.91 Å². The second kappa shape index (κ2) is 7.92. The number of hydrogen-bond donors (Lipinski definition) is 1. The monoisotopic (exact) mass is 263 g/mol. The van der Waals surface area contributed by atoms with Crippen LogP contribution >= 0.6 is 0 Å². The number of methoxy groups -OCH3 is 1. The third-order valence-electron chi connectivity index (χ3n) is 2.33. The number of hydrogen-bond acceptors (Lipinski definition) is 4. The van der Waals surface area contributed by atoms with E-state index in [-0.39, 0.29) is 24.8 Å². The summed E-state index contributed by atoms with van der Waals surface area (Å²) in [5.41, 5.74) is 0.425. The minimum atomic E-state index is -0.364. The third kappa shape index (κ3) is 4.83. The van der Waals surface area contributed by atoms with Crippen molar-refractivity contribution in [3.8, 4) is 5.75 Å². The molecule has 1 rings (SSSR count). The van der Waals surface area contributed by atoms with Gasteiger partial charge < -0.3 is 14.8 Å². The van der Waals surface area contributed by atoms with Gasteiger partial charge in [-0.2, -0.15) is 0 Å². The van der Waals surface area contributed by atoms with Crippen molar-refractivity contribution in [2.24, 2.45) is 0 Å². The van der Waals surface area contributed by atoms with Crippen molar-refractivity contribution in [3.63, 3.8) is 0 Å². The van der Waals surface area contributed by atoms with Crippen molar-refractivity contribution in [1.29, 1.82) is 0 Å². The van der Waals surface area contributed by atoms with Gasteiger partial charge in [-0.1, -0.05) is 24.8 Å². The molecule has 0 saturated carbocycles. The molecule has 1 N–H and O–H groups in total. The summed E-state index contributed by atoms with van der Waals surface area (Å²) >= 11 is 0. The molecule has 1 aromatic rings. The SMILES string of the molecule is C=CCOc1ccccc1C(=O)NCCC(=O)OC. The first-order chi connectivity index (χ1) is 9.19. The highest BCUT2D eigenvalue weighted by molar-refractivity contribution is 5.97. The molecular formula is C14H17NO4. The molecule has 0 unspecified atom stereocenters. The molecule has 0 aliphatic heterocycles. The fraction of sp³-hybridized carbons (Fsp3) is 0.286. The Hall–Kier alpha value is -2.30. The first kappa shape index (κ1) is 14.8. The largest absolute Gasteiger partial charge is 0.489 e. The second-order valence-corrected chi connectivity index (χ2v) is 3.68. The minimum absolute atomic E-state index is 0.137. The number of carbonyl (C=O) groups is 2. The van der Waals surface area contributed by atoms with Crippen LogP contribution in [0.25, 0.3) is 0 Å². The first-order valence-corrected chi connectivity index (χ1v) is 5.86. The molecule has 0 bridgehead atoms.